The van der Waals surface area contributed by atoms with Crippen molar-refractivity contribution in [3.63, 3.8) is 0 Å². The molecule has 1 aliphatic heterocycles. The molecule has 1 aromatic heterocycles. The minimum atomic E-state index is -4.79. The molecule has 0 radical (unpaired) electrons. The first kappa shape index (κ1) is 31.7. The summed E-state index contributed by atoms with van der Waals surface area (Å²) in [4.78, 5) is 35.1. The van der Waals surface area contributed by atoms with Crippen molar-refractivity contribution in [2.45, 2.75) is 39.2 Å². The number of halogens is 4. The lowest BCUT2D eigenvalue weighted by Gasteiger charge is -2.22. The van der Waals surface area contributed by atoms with E-state index in [4.69, 9.17) is 0 Å². The number of hydrogen-bond donors (Lipinski definition) is 1. The molecule has 0 spiro atoms. The third kappa shape index (κ3) is 7.69. The number of hydrogen-bond acceptors (Lipinski definition) is 6. The smallest absolute Gasteiger partial charge is 0.406 e. The van der Waals surface area contributed by atoms with Gasteiger partial charge in [-0.15, -0.1) is 18.3 Å². The Morgan fingerprint density at radius 1 is 1.09 bits per heavy atom. The number of rotatable bonds is 8. The number of aromatic nitrogens is 3. The van der Waals surface area contributed by atoms with Gasteiger partial charge in [0.05, 0.1) is 23.7 Å². The number of anilines is 1. The van der Waals surface area contributed by atoms with E-state index < -0.39 is 18.6 Å². The van der Waals surface area contributed by atoms with Crippen molar-refractivity contribution in [2.75, 3.05) is 17.2 Å². The summed E-state index contributed by atoms with van der Waals surface area (Å²) in [5.41, 5.74) is 3.95. The number of ether oxygens (including phenoxy) is 1. The molecule has 0 aliphatic carbocycles. The fourth-order valence-corrected chi connectivity index (χ4v) is 5.46. The summed E-state index contributed by atoms with van der Waals surface area (Å²) in [6.45, 7) is 5.62. The highest BCUT2D eigenvalue weighted by Crippen LogP contribution is 2.34. The van der Waals surface area contributed by atoms with Gasteiger partial charge in [-0.3, -0.25) is 9.69 Å². The average Bonchev–Trinajstić information content (AvgIpc) is 3.62. The van der Waals surface area contributed by atoms with E-state index >= 15 is 4.39 Å². The predicted octanol–water partition coefficient (Wildman–Crippen LogP) is 7.12. The summed E-state index contributed by atoms with van der Waals surface area (Å²) in [6.07, 6.45) is -4.92. The van der Waals surface area contributed by atoms with Crippen LogP contribution in [-0.4, -0.2) is 50.5 Å². The van der Waals surface area contributed by atoms with Gasteiger partial charge in [-0.1, -0.05) is 62.0 Å². The Kier molecular flexibility index (Phi) is 9.23. The van der Waals surface area contributed by atoms with E-state index in [0.29, 0.717) is 28.3 Å². The molecule has 1 fully saturated rings. The van der Waals surface area contributed by atoms with Crippen LogP contribution in [0.3, 0.4) is 0 Å². The number of nitrogens with zero attached hydrogens (tertiary/aromatic N) is 5. The van der Waals surface area contributed by atoms with Crippen molar-refractivity contribution in [3.8, 4) is 22.8 Å². The molecule has 45 heavy (non-hydrogen) atoms. The summed E-state index contributed by atoms with van der Waals surface area (Å²) in [6, 6.07) is 16.5. The number of thioether (sulfide) groups is 1. The second-order valence-corrected chi connectivity index (χ2v) is 11.4. The maximum absolute atomic E-state index is 15.0. The van der Waals surface area contributed by atoms with E-state index in [1.165, 1.54) is 40.2 Å². The molecule has 3 aromatic carbocycles. The van der Waals surface area contributed by atoms with Crippen LogP contribution in [0.15, 0.2) is 78.0 Å². The molecule has 0 bridgehead atoms. The van der Waals surface area contributed by atoms with Crippen molar-refractivity contribution in [2.24, 2.45) is 4.99 Å². The summed E-state index contributed by atoms with van der Waals surface area (Å²) >= 11 is 1.15. The molecule has 1 unspecified atom stereocenters. The fourth-order valence-electron chi connectivity index (χ4n) is 4.60. The number of benzene rings is 3. The standard InChI is InChI=1S/C31H28F4N6O3S/c1-18(2)24-13-4-19(3)14-26(24)41-27(42)16-45-30(41)38-29(43)36-15-25(32)20-5-7-21(8-6-20)28-37-17-40(39-28)22-9-11-23(12-10-22)44-31(33,34)35/h4-14,17-18,25H,15-16H2,1-3H3,(H,36,43). The van der Waals surface area contributed by atoms with Gasteiger partial charge in [0.15, 0.2) is 11.0 Å². The molecule has 3 amide bonds. The number of urea groups is 1. The van der Waals surface area contributed by atoms with Gasteiger partial charge < -0.3 is 10.1 Å². The minimum absolute atomic E-state index is 0.141. The number of nitrogens with one attached hydrogen (secondary N) is 1. The topological polar surface area (TPSA) is 102 Å². The van der Waals surface area contributed by atoms with Gasteiger partial charge in [-0.2, -0.15) is 4.99 Å². The molecule has 1 atom stereocenters. The molecule has 234 valence electrons. The Morgan fingerprint density at radius 2 is 1.80 bits per heavy atom. The zero-order valence-electron chi connectivity index (χ0n) is 24.4. The molecule has 0 saturated carbocycles. The number of carbonyl (C=O) groups excluding carboxylic acids is 2. The molecule has 1 N–H and O–H groups in total. The van der Waals surface area contributed by atoms with Crippen LogP contribution >= 0.6 is 11.8 Å². The quantitative estimate of drug-likeness (QED) is 0.206. The number of amides is 3. The van der Waals surface area contributed by atoms with Gasteiger partial charge in [-0.05, 0) is 59.9 Å². The monoisotopic (exact) mass is 640 g/mol. The summed E-state index contributed by atoms with van der Waals surface area (Å²) in [7, 11) is 0. The van der Waals surface area contributed by atoms with Gasteiger partial charge in [0.25, 0.3) is 0 Å². The SMILES string of the molecule is Cc1ccc(C(C)C)c(N2C(=O)CSC2=NC(=O)NCC(F)c2ccc(-c3ncn(-c4ccc(OC(F)(F)F)cc4)n3)cc2)c1. The van der Waals surface area contributed by atoms with Crippen LogP contribution in [0.4, 0.5) is 28.0 Å². The Morgan fingerprint density at radius 3 is 2.47 bits per heavy atom. The molecule has 1 aliphatic rings. The third-order valence-electron chi connectivity index (χ3n) is 6.80. The Bertz CT molecular complexity index is 1720. The normalized spacial score (nSPS) is 15.2. The lowest BCUT2D eigenvalue weighted by atomic mass is 9.99. The van der Waals surface area contributed by atoms with Crippen molar-refractivity contribution in [1.29, 1.82) is 0 Å². The van der Waals surface area contributed by atoms with Crippen LogP contribution in [0.1, 0.15) is 42.6 Å². The fraction of sp³-hybridized carbons (Fsp3) is 0.258. The number of aliphatic imine (C=N–C) groups is 1. The maximum Gasteiger partial charge on any atom is 0.573 e. The van der Waals surface area contributed by atoms with Gasteiger partial charge in [-0.25, -0.2) is 18.9 Å². The predicted molar refractivity (Wildman–Crippen MR) is 163 cm³/mol. The number of alkyl halides is 4. The van der Waals surface area contributed by atoms with E-state index in [1.807, 2.05) is 39.0 Å². The van der Waals surface area contributed by atoms with Crippen LogP contribution in [0.5, 0.6) is 5.75 Å². The van der Waals surface area contributed by atoms with Crippen molar-refractivity contribution in [3.05, 3.63) is 89.7 Å². The Hall–Kier alpha value is -4.72. The maximum atomic E-state index is 15.0. The molecule has 4 aromatic rings. The van der Waals surface area contributed by atoms with Crippen LogP contribution in [0.2, 0.25) is 0 Å². The van der Waals surface area contributed by atoms with Gasteiger partial charge >= 0.3 is 12.4 Å². The second-order valence-electron chi connectivity index (χ2n) is 10.5. The van der Waals surface area contributed by atoms with Crippen molar-refractivity contribution >= 4 is 34.6 Å². The number of aryl methyl sites for hydroxylation is 1. The van der Waals surface area contributed by atoms with Gasteiger partial charge in [0.1, 0.15) is 18.2 Å². The van der Waals surface area contributed by atoms with Gasteiger partial charge in [0, 0.05) is 5.56 Å². The van der Waals surface area contributed by atoms with Crippen LogP contribution in [-0.2, 0) is 4.79 Å². The Balaban J connectivity index is 1.20. The number of carbonyl (C=O) groups is 2. The first-order valence-electron chi connectivity index (χ1n) is 13.8. The molecule has 9 nitrogen and oxygen atoms in total. The van der Waals surface area contributed by atoms with E-state index in [-0.39, 0.29) is 35.0 Å². The summed E-state index contributed by atoms with van der Waals surface area (Å²) in [5, 5.41) is 7.05. The highest BCUT2D eigenvalue weighted by atomic mass is 32.2. The molecular weight excluding hydrogens is 612 g/mol. The first-order valence-corrected chi connectivity index (χ1v) is 14.8. The second kappa shape index (κ2) is 13.1. The minimum Gasteiger partial charge on any atom is -0.406 e. The van der Waals surface area contributed by atoms with E-state index in [2.05, 4.69) is 25.1 Å². The molecule has 5 rings (SSSR count). The molecular formula is C31H28F4N6O3S. The zero-order chi connectivity index (χ0) is 32.3. The van der Waals surface area contributed by atoms with E-state index in [0.717, 1.165) is 22.9 Å². The van der Waals surface area contributed by atoms with Crippen LogP contribution < -0.4 is 15.0 Å². The van der Waals surface area contributed by atoms with Crippen molar-refractivity contribution in [1.82, 2.24) is 20.1 Å². The average molecular weight is 641 g/mol. The lowest BCUT2D eigenvalue weighted by molar-refractivity contribution is -0.274. The third-order valence-corrected chi connectivity index (χ3v) is 7.72. The lowest BCUT2D eigenvalue weighted by Crippen LogP contribution is -2.32. The van der Waals surface area contributed by atoms with E-state index in [1.54, 1.807) is 24.3 Å². The largest absolute Gasteiger partial charge is 0.573 e. The number of amidine groups is 1. The van der Waals surface area contributed by atoms with Crippen LogP contribution in [0.25, 0.3) is 17.1 Å². The summed E-state index contributed by atoms with van der Waals surface area (Å²) in [5.74, 6) is 0.0612. The van der Waals surface area contributed by atoms with Crippen molar-refractivity contribution < 1.29 is 31.9 Å². The highest BCUT2D eigenvalue weighted by molar-refractivity contribution is 8.15. The summed E-state index contributed by atoms with van der Waals surface area (Å²) < 4.78 is 57.5. The molecule has 14 heteroatoms. The molecule has 2 heterocycles. The van der Waals surface area contributed by atoms with Crippen LogP contribution in [0, 0.1) is 6.92 Å². The van der Waals surface area contributed by atoms with E-state index in [9.17, 15) is 22.8 Å². The first-order chi connectivity index (χ1) is 21.4. The zero-order valence-corrected chi connectivity index (χ0v) is 25.2. The molecule has 1 saturated heterocycles. The highest BCUT2D eigenvalue weighted by Gasteiger charge is 2.33. The van der Waals surface area contributed by atoms with Gasteiger partial charge in [0.2, 0.25) is 5.91 Å². The Labute approximate surface area is 260 Å².